The highest BCUT2D eigenvalue weighted by molar-refractivity contribution is 5.92. The minimum absolute atomic E-state index is 0.123. The van der Waals surface area contributed by atoms with Crippen LogP contribution in [0.4, 0.5) is 0 Å². The number of rotatable bonds is 4. The number of aliphatic hydroxyl groups excluding tert-OH is 1. The molecular formula is C11H18N4O2. The molecule has 0 spiro atoms. The lowest BCUT2D eigenvalue weighted by atomic mass is 9.87. The predicted molar refractivity (Wildman–Crippen MR) is 61.3 cm³/mol. The Morgan fingerprint density at radius 2 is 2.29 bits per heavy atom. The van der Waals surface area contributed by atoms with E-state index in [9.17, 15) is 9.90 Å². The lowest BCUT2D eigenvalue weighted by Gasteiger charge is -2.26. The van der Waals surface area contributed by atoms with Gasteiger partial charge in [-0.2, -0.15) is 0 Å². The van der Waals surface area contributed by atoms with Crippen LogP contribution in [0.3, 0.4) is 0 Å². The molecule has 1 aliphatic carbocycles. The molecule has 1 aromatic rings. The summed E-state index contributed by atoms with van der Waals surface area (Å²) in [4.78, 5) is 11.8. The maximum Gasteiger partial charge on any atom is 0.271 e. The van der Waals surface area contributed by atoms with Crippen LogP contribution in [0, 0.1) is 5.41 Å². The van der Waals surface area contributed by atoms with E-state index in [1.165, 1.54) is 10.9 Å². The molecule has 1 aromatic heterocycles. The summed E-state index contributed by atoms with van der Waals surface area (Å²) < 4.78 is 1.44. The Labute approximate surface area is 100 Å². The average molecular weight is 238 g/mol. The van der Waals surface area contributed by atoms with Gasteiger partial charge in [-0.05, 0) is 12.8 Å². The van der Waals surface area contributed by atoms with Gasteiger partial charge >= 0.3 is 0 Å². The Hall–Kier alpha value is -1.43. The molecule has 0 atom stereocenters. The standard InChI is InChI=1S/C11H18N4O2/c1-15-9(6-13-14-15)10(17)12-7-11(8-16)4-2-3-5-11/h6,16H,2-5,7-8H2,1H3,(H,12,17). The van der Waals surface area contributed by atoms with Crippen molar-refractivity contribution in [2.45, 2.75) is 25.7 Å². The molecular weight excluding hydrogens is 220 g/mol. The van der Waals surface area contributed by atoms with E-state index in [0.717, 1.165) is 25.7 Å². The number of amides is 1. The number of carbonyl (C=O) groups is 1. The molecule has 2 rings (SSSR count). The molecule has 1 saturated carbocycles. The number of nitrogens with one attached hydrogen (secondary N) is 1. The van der Waals surface area contributed by atoms with Crippen molar-refractivity contribution in [1.29, 1.82) is 0 Å². The fraction of sp³-hybridized carbons (Fsp3) is 0.727. The van der Waals surface area contributed by atoms with Crippen molar-refractivity contribution in [3.63, 3.8) is 0 Å². The van der Waals surface area contributed by atoms with E-state index >= 15 is 0 Å². The second kappa shape index (κ2) is 4.83. The maximum absolute atomic E-state index is 11.8. The van der Waals surface area contributed by atoms with Gasteiger partial charge < -0.3 is 10.4 Å². The Kier molecular flexibility index (Phi) is 3.42. The summed E-state index contributed by atoms with van der Waals surface area (Å²) in [6.45, 7) is 0.657. The van der Waals surface area contributed by atoms with E-state index in [1.807, 2.05) is 0 Å². The summed E-state index contributed by atoms with van der Waals surface area (Å²) in [5.74, 6) is -0.183. The maximum atomic E-state index is 11.8. The predicted octanol–water partition coefficient (Wildman–Crippen LogP) is 0.0976. The van der Waals surface area contributed by atoms with Crippen LogP contribution >= 0.6 is 0 Å². The third-order valence-electron chi connectivity index (χ3n) is 3.57. The van der Waals surface area contributed by atoms with Gasteiger partial charge in [0.15, 0.2) is 0 Å². The monoisotopic (exact) mass is 238 g/mol. The highest BCUT2D eigenvalue weighted by Gasteiger charge is 2.33. The van der Waals surface area contributed by atoms with E-state index in [1.54, 1.807) is 7.05 Å². The van der Waals surface area contributed by atoms with E-state index < -0.39 is 0 Å². The van der Waals surface area contributed by atoms with Crippen LogP contribution in [0.25, 0.3) is 0 Å². The fourth-order valence-electron chi connectivity index (χ4n) is 2.37. The number of nitrogens with zero attached hydrogens (tertiary/aromatic N) is 3. The molecule has 1 aliphatic rings. The van der Waals surface area contributed by atoms with Gasteiger partial charge in [-0.3, -0.25) is 4.79 Å². The lowest BCUT2D eigenvalue weighted by Crippen LogP contribution is -2.38. The molecule has 0 aromatic carbocycles. The molecule has 0 aliphatic heterocycles. The first-order valence-electron chi connectivity index (χ1n) is 5.91. The van der Waals surface area contributed by atoms with Crippen molar-refractivity contribution in [3.8, 4) is 0 Å². The van der Waals surface area contributed by atoms with Crippen molar-refractivity contribution < 1.29 is 9.90 Å². The minimum Gasteiger partial charge on any atom is -0.396 e. The van der Waals surface area contributed by atoms with Crippen molar-refractivity contribution in [1.82, 2.24) is 20.3 Å². The first-order chi connectivity index (χ1) is 8.17. The summed E-state index contributed by atoms with van der Waals surface area (Å²) in [7, 11) is 1.68. The molecule has 0 saturated heterocycles. The topological polar surface area (TPSA) is 80.0 Å². The molecule has 94 valence electrons. The van der Waals surface area contributed by atoms with Crippen LogP contribution in [0.5, 0.6) is 0 Å². The SMILES string of the molecule is Cn1nncc1C(=O)NCC1(CO)CCCC1. The molecule has 17 heavy (non-hydrogen) atoms. The molecule has 6 heteroatoms. The van der Waals surface area contributed by atoms with Gasteiger partial charge in [-0.25, -0.2) is 4.68 Å². The Balaban J connectivity index is 1.94. The van der Waals surface area contributed by atoms with Gasteiger partial charge in [0, 0.05) is 19.0 Å². The molecule has 0 radical (unpaired) electrons. The quantitative estimate of drug-likeness (QED) is 0.779. The van der Waals surface area contributed by atoms with Gasteiger partial charge in [0.05, 0.1) is 12.8 Å². The smallest absolute Gasteiger partial charge is 0.271 e. The van der Waals surface area contributed by atoms with E-state index in [4.69, 9.17) is 0 Å². The number of carbonyl (C=O) groups excluding carboxylic acids is 1. The van der Waals surface area contributed by atoms with E-state index in [2.05, 4.69) is 15.6 Å². The second-order valence-corrected chi connectivity index (χ2v) is 4.79. The van der Waals surface area contributed by atoms with Gasteiger partial charge in [0.2, 0.25) is 0 Å². The largest absolute Gasteiger partial charge is 0.396 e. The van der Waals surface area contributed by atoms with Gasteiger partial charge in [-0.15, -0.1) is 5.10 Å². The van der Waals surface area contributed by atoms with Crippen LogP contribution in [0.2, 0.25) is 0 Å². The van der Waals surface area contributed by atoms with Crippen molar-refractivity contribution in [2.75, 3.05) is 13.2 Å². The summed E-state index contributed by atoms with van der Waals surface area (Å²) >= 11 is 0. The number of hydrogen-bond acceptors (Lipinski definition) is 4. The number of aromatic nitrogens is 3. The summed E-state index contributed by atoms with van der Waals surface area (Å²) in [5.41, 5.74) is 0.317. The minimum atomic E-state index is -0.183. The lowest BCUT2D eigenvalue weighted by molar-refractivity contribution is 0.0872. The second-order valence-electron chi connectivity index (χ2n) is 4.79. The molecule has 2 N–H and O–H groups in total. The van der Waals surface area contributed by atoms with Crippen LogP contribution in [0.15, 0.2) is 6.20 Å². The molecule has 1 fully saturated rings. The number of aliphatic hydroxyl groups is 1. The van der Waals surface area contributed by atoms with Gasteiger partial charge in [0.1, 0.15) is 5.69 Å². The average Bonchev–Trinajstić information content (AvgIpc) is 2.95. The van der Waals surface area contributed by atoms with Crippen LogP contribution < -0.4 is 5.32 Å². The Bertz CT molecular complexity index is 396. The molecule has 0 unspecified atom stereocenters. The van der Waals surface area contributed by atoms with Crippen molar-refractivity contribution in [2.24, 2.45) is 12.5 Å². The van der Waals surface area contributed by atoms with Crippen molar-refractivity contribution in [3.05, 3.63) is 11.9 Å². The number of aryl methyl sites for hydroxylation is 1. The van der Waals surface area contributed by atoms with Crippen LogP contribution in [-0.4, -0.2) is 39.2 Å². The van der Waals surface area contributed by atoms with E-state index in [0.29, 0.717) is 12.2 Å². The molecule has 1 heterocycles. The molecule has 1 amide bonds. The third-order valence-corrected chi connectivity index (χ3v) is 3.57. The molecule has 0 bridgehead atoms. The first-order valence-corrected chi connectivity index (χ1v) is 5.91. The zero-order chi connectivity index (χ0) is 12.3. The van der Waals surface area contributed by atoms with Gasteiger partial charge in [0.25, 0.3) is 5.91 Å². The summed E-state index contributed by atoms with van der Waals surface area (Å²) in [5, 5.41) is 19.7. The third kappa shape index (κ3) is 2.46. The van der Waals surface area contributed by atoms with Crippen LogP contribution in [-0.2, 0) is 7.05 Å². The normalized spacial score (nSPS) is 18.2. The van der Waals surface area contributed by atoms with E-state index in [-0.39, 0.29) is 17.9 Å². The zero-order valence-corrected chi connectivity index (χ0v) is 10.0. The zero-order valence-electron chi connectivity index (χ0n) is 10.0. The molecule has 6 nitrogen and oxygen atoms in total. The van der Waals surface area contributed by atoms with Gasteiger partial charge in [-0.1, -0.05) is 18.1 Å². The van der Waals surface area contributed by atoms with Crippen molar-refractivity contribution >= 4 is 5.91 Å². The van der Waals surface area contributed by atoms with Crippen LogP contribution in [0.1, 0.15) is 36.2 Å². The first kappa shape index (κ1) is 12.0. The number of hydrogen-bond donors (Lipinski definition) is 2. The Morgan fingerprint density at radius 3 is 2.82 bits per heavy atom. The summed E-state index contributed by atoms with van der Waals surface area (Å²) in [6.07, 6.45) is 5.66. The highest BCUT2D eigenvalue weighted by atomic mass is 16.3. The fourth-order valence-corrected chi connectivity index (χ4v) is 2.37. The Morgan fingerprint density at radius 1 is 1.59 bits per heavy atom. The highest BCUT2D eigenvalue weighted by Crippen LogP contribution is 2.36. The summed E-state index contributed by atoms with van der Waals surface area (Å²) in [6, 6.07) is 0.